The van der Waals surface area contributed by atoms with E-state index >= 15 is 0 Å². The van der Waals surface area contributed by atoms with Gasteiger partial charge in [0, 0.05) is 0 Å². The average Bonchev–Trinajstić information content (AvgIpc) is 2.19. The minimum atomic E-state index is -1.50. The van der Waals surface area contributed by atoms with Crippen LogP contribution in [0.1, 0.15) is 39.5 Å². The van der Waals surface area contributed by atoms with E-state index in [0.29, 0.717) is 25.0 Å². The third kappa shape index (κ3) is 1.67. The van der Waals surface area contributed by atoms with Crippen LogP contribution < -0.4 is 0 Å². The predicted molar refractivity (Wildman–Crippen MR) is 52.4 cm³/mol. The largest absolute Gasteiger partial charge is 0.381 e. The molecule has 1 fully saturated rings. The zero-order valence-corrected chi connectivity index (χ0v) is 8.79. The SMILES string of the molecule is CC1CCC(C#N)(C(C)(O)C=O)CC1. The summed E-state index contributed by atoms with van der Waals surface area (Å²) in [6.45, 7) is 3.58. The van der Waals surface area contributed by atoms with E-state index in [0.717, 1.165) is 12.8 Å². The van der Waals surface area contributed by atoms with Crippen molar-refractivity contribution in [1.82, 2.24) is 0 Å². The van der Waals surface area contributed by atoms with Gasteiger partial charge in [-0.3, -0.25) is 0 Å². The van der Waals surface area contributed by atoms with Gasteiger partial charge in [0.05, 0.1) is 11.5 Å². The molecule has 1 N–H and O–H groups in total. The molecule has 0 amide bonds. The highest BCUT2D eigenvalue weighted by Crippen LogP contribution is 2.45. The van der Waals surface area contributed by atoms with E-state index in [4.69, 9.17) is 5.26 Å². The van der Waals surface area contributed by atoms with Crippen LogP contribution in [0.2, 0.25) is 0 Å². The monoisotopic (exact) mass is 195 g/mol. The van der Waals surface area contributed by atoms with Crippen LogP contribution in [-0.2, 0) is 4.79 Å². The van der Waals surface area contributed by atoms with Crippen molar-refractivity contribution in [3.8, 4) is 6.07 Å². The Hall–Kier alpha value is -0.880. The summed E-state index contributed by atoms with van der Waals surface area (Å²) in [6.07, 6.45) is 3.58. The Morgan fingerprint density at radius 3 is 2.43 bits per heavy atom. The van der Waals surface area contributed by atoms with E-state index < -0.39 is 11.0 Å². The van der Waals surface area contributed by atoms with Crippen LogP contribution in [0.3, 0.4) is 0 Å². The molecule has 1 saturated carbocycles. The zero-order chi connectivity index (χ0) is 10.8. The summed E-state index contributed by atoms with van der Waals surface area (Å²) in [5, 5.41) is 19.0. The molecule has 0 heterocycles. The summed E-state index contributed by atoms with van der Waals surface area (Å²) in [4.78, 5) is 10.8. The van der Waals surface area contributed by atoms with Crippen molar-refractivity contribution in [3.05, 3.63) is 0 Å². The minimum Gasteiger partial charge on any atom is -0.381 e. The number of carbonyl (C=O) groups is 1. The summed E-state index contributed by atoms with van der Waals surface area (Å²) >= 11 is 0. The van der Waals surface area contributed by atoms with Gasteiger partial charge in [-0.15, -0.1) is 0 Å². The number of carbonyl (C=O) groups excluding carboxylic acids is 1. The number of nitriles is 1. The molecule has 1 atom stereocenters. The molecule has 0 spiro atoms. The Bertz CT molecular complexity index is 257. The fraction of sp³-hybridized carbons (Fsp3) is 0.818. The summed E-state index contributed by atoms with van der Waals surface area (Å²) in [7, 11) is 0. The molecule has 78 valence electrons. The molecule has 0 aliphatic heterocycles. The van der Waals surface area contributed by atoms with Crippen LogP contribution in [0, 0.1) is 22.7 Å². The number of hydrogen-bond acceptors (Lipinski definition) is 3. The lowest BCUT2D eigenvalue weighted by molar-refractivity contribution is -0.135. The second kappa shape index (κ2) is 3.70. The van der Waals surface area contributed by atoms with Gasteiger partial charge >= 0.3 is 0 Å². The van der Waals surface area contributed by atoms with E-state index in [-0.39, 0.29) is 0 Å². The van der Waals surface area contributed by atoms with Crippen molar-refractivity contribution >= 4 is 6.29 Å². The van der Waals surface area contributed by atoms with Crippen LogP contribution >= 0.6 is 0 Å². The molecule has 14 heavy (non-hydrogen) atoms. The van der Waals surface area contributed by atoms with Gasteiger partial charge in [0.15, 0.2) is 6.29 Å². The van der Waals surface area contributed by atoms with Crippen molar-refractivity contribution in [2.45, 2.75) is 45.1 Å². The maximum atomic E-state index is 10.8. The van der Waals surface area contributed by atoms with Crippen molar-refractivity contribution < 1.29 is 9.90 Å². The zero-order valence-electron chi connectivity index (χ0n) is 8.79. The Morgan fingerprint density at radius 2 is 2.07 bits per heavy atom. The van der Waals surface area contributed by atoms with Gasteiger partial charge in [-0.25, -0.2) is 0 Å². The summed E-state index contributed by atoms with van der Waals surface area (Å²) in [5.74, 6) is 0.596. The van der Waals surface area contributed by atoms with Gasteiger partial charge in [-0.1, -0.05) is 6.92 Å². The summed E-state index contributed by atoms with van der Waals surface area (Å²) < 4.78 is 0. The second-order valence-corrected chi connectivity index (χ2v) is 4.64. The fourth-order valence-electron chi connectivity index (χ4n) is 2.10. The lowest BCUT2D eigenvalue weighted by Gasteiger charge is -2.41. The highest BCUT2D eigenvalue weighted by atomic mass is 16.3. The molecular formula is C11H17NO2. The van der Waals surface area contributed by atoms with Gasteiger partial charge in [-0.05, 0) is 38.5 Å². The van der Waals surface area contributed by atoms with Crippen LogP contribution in [0.5, 0.6) is 0 Å². The normalized spacial score (nSPS) is 36.9. The lowest BCUT2D eigenvalue weighted by atomic mass is 9.63. The lowest BCUT2D eigenvalue weighted by Crippen LogP contribution is -2.48. The first-order chi connectivity index (χ1) is 6.47. The third-order valence-corrected chi connectivity index (χ3v) is 3.54. The molecule has 1 unspecified atom stereocenters. The van der Waals surface area contributed by atoms with Crippen molar-refractivity contribution in [2.24, 2.45) is 11.3 Å². The van der Waals surface area contributed by atoms with Gasteiger partial charge < -0.3 is 9.90 Å². The molecule has 1 aliphatic rings. The summed E-state index contributed by atoms with van der Waals surface area (Å²) in [5.41, 5.74) is -2.36. The standard InChI is InChI=1S/C11H17NO2/c1-9-3-5-11(7-12,6-4-9)10(2,14)8-13/h8-9,14H,3-6H2,1-2H3. The third-order valence-electron chi connectivity index (χ3n) is 3.54. The molecule has 1 aliphatic carbocycles. The van der Waals surface area contributed by atoms with Crippen LogP contribution in [0.25, 0.3) is 0 Å². The van der Waals surface area contributed by atoms with E-state index in [1.54, 1.807) is 0 Å². The Kier molecular flexibility index (Phi) is 2.96. The first-order valence-corrected chi connectivity index (χ1v) is 5.07. The molecule has 0 saturated heterocycles. The topological polar surface area (TPSA) is 61.1 Å². The van der Waals surface area contributed by atoms with Crippen LogP contribution in [0.4, 0.5) is 0 Å². The highest BCUT2D eigenvalue weighted by Gasteiger charge is 2.49. The van der Waals surface area contributed by atoms with Gasteiger partial charge in [0.2, 0.25) is 0 Å². The molecule has 3 heteroatoms. The van der Waals surface area contributed by atoms with Gasteiger partial charge in [-0.2, -0.15) is 5.26 Å². The second-order valence-electron chi connectivity index (χ2n) is 4.64. The number of hydrogen-bond donors (Lipinski definition) is 1. The quantitative estimate of drug-likeness (QED) is 0.681. The average molecular weight is 195 g/mol. The maximum Gasteiger partial charge on any atom is 0.152 e. The highest BCUT2D eigenvalue weighted by molar-refractivity contribution is 5.64. The number of rotatable bonds is 2. The Labute approximate surface area is 84.7 Å². The van der Waals surface area contributed by atoms with Crippen molar-refractivity contribution in [1.29, 1.82) is 5.26 Å². The number of nitrogens with zero attached hydrogens (tertiary/aromatic N) is 1. The van der Waals surface area contributed by atoms with E-state index in [1.807, 2.05) is 0 Å². The van der Waals surface area contributed by atoms with Gasteiger partial charge in [0.1, 0.15) is 5.60 Å². The van der Waals surface area contributed by atoms with Crippen molar-refractivity contribution in [2.75, 3.05) is 0 Å². The predicted octanol–water partition coefficient (Wildman–Crippen LogP) is 1.66. The van der Waals surface area contributed by atoms with Crippen LogP contribution in [0.15, 0.2) is 0 Å². The first kappa shape index (κ1) is 11.2. The van der Waals surface area contributed by atoms with Crippen LogP contribution in [-0.4, -0.2) is 17.0 Å². The minimum absolute atomic E-state index is 0.506. The molecule has 0 aromatic carbocycles. The van der Waals surface area contributed by atoms with Crippen molar-refractivity contribution in [3.63, 3.8) is 0 Å². The molecule has 0 aromatic rings. The number of aliphatic hydroxyl groups is 1. The van der Waals surface area contributed by atoms with E-state index in [9.17, 15) is 9.90 Å². The van der Waals surface area contributed by atoms with E-state index in [1.165, 1.54) is 6.92 Å². The van der Waals surface area contributed by atoms with E-state index in [2.05, 4.69) is 13.0 Å². The Balaban J connectivity index is 2.89. The van der Waals surface area contributed by atoms with Gasteiger partial charge in [0.25, 0.3) is 0 Å². The first-order valence-electron chi connectivity index (χ1n) is 5.07. The molecule has 3 nitrogen and oxygen atoms in total. The maximum absolute atomic E-state index is 10.8. The Morgan fingerprint density at radius 1 is 1.57 bits per heavy atom. The number of aldehydes is 1. The molecule has 1 rings (SSSR count). The molecular weight excluding hydrogens is 178 g/mol. The molecule has 0 aromatic heterocycles. The molecule has 0 bridgehead atoms. The summed E-state index contributed by atoms with van der Waals surface area (Å²) in [6, 6.07) is 2.15. The smallest absolute Gasteiger partial charge is 0.152 e. The molecule has 0 radical (unpaired) electrons. The fourth-order valence-corrected chi connectivity index (χ4v) is 2.10.